The fourth-order valence-corrected chi connectivity index (χ4v) is 3.68. The highest BCUT2D eigenvalue weighted by Crippen LogP contribution is 2.31. The van der Waals surface area contributed by atoms with Crippen molar-refractivity contribution in [2.45, 2.75) is 33.2 Å². The number of Topliss-reactive ketones (excluding diaryl/α,β-unsaturated/α-hetero) is 2. The van der Waals surface area contributed by atoms with Gasteiger partial charge in [0.25, 0.3) is 5.91 Å². The van der Waals surface area contributed by atoms with Crippen molar-refractivity contribution in [3.63, 3.8) is 0 Å². The summed E-state index contributed by atoms with van der Waals surface area (Å²) in [4.78, 5) is 53.2. The number of rotatable bonds is 5. The lowest BCUT2D eigenvalue weighted by molar-refractivity contribution is -0.130. The summed E-state index contributed by atoms with van der Waals surface area (Å²) < 4.78 is 27.8. The third-order valence-electron chi connectivity index (χ3n) is 5.11. The quantitative estimate of drug-likeness (QED) is 0.592. The molecule has 1 aliphatic rings. The number of amides is 3. The first-order chi connectivity index (χ1) is 13.5. The van der Waals surface area contributed by atoms with Crippen LogP contribution in [0.5, 0.6) is 0 Å². The number of aromatic nitrogens is 1. The van der Waals surface area contributed by atoms with Gasteiger partial charge in [0, 0.05) is 16.8 Å². The van der Waals surface area contributed by atoms with Gasteiger partial charge in [-0.2, -0.15) is 0 Å². The highest BCUT2D eigenvalue weighted by atomic mass is 19.1. The van der Waals surface area contributed by atoms with Gasteiger partial charge >= 0.3 is 6.03 Å². The Bertz CT molecular complexity index is 1080. The summed E-state index contributed by atoms with van der Waals surface area (Å²) in [6, 6.07) is 1.68. The fourth-order valence-electron chi connectivity index (χ4n) is 3.68. The largest absolute Gasteiger partial charge is 0.355 e. The number of nitrogens with one attached hydrogen (secondary N) is 2. The van der Waals surface area contributed by atoms with Crippen molar-refractivity contribution >= 4 is 23.5 Å². The number of imide groups is 1. The molecule has 3 rings (SSSR count). The minimum absolute atomic E-state index is 0.110. The number of hydrogen-bond acceptors (Lipinski definition) is 4. The van der Waals surface area contributed by atoms with E-state index in [0.29, 0.717) is 21.7 Å². The summed E-state index contributed by atoms with van der Waals surface area (Å²) in [5.41, 5.74) is -0.782. The standard InChI is InChI=1S/C20H19F2N3O4/c1-9-16(11(3)26)10(2)23-17(9)15(27)8-25-18(28)20(4,24-19(25)29)13-7-12(21)5-6-14(13)22/h5-7,23H,8H2,1-4H3,(H,24,29). The Labute approximate surface area is 165 Å². The Morgan fingerprint density at radius 1 is 1.17 bits per heavy atom. The van der Waals surface area contributed by atoms with E-state index in [-0.39, 0.29) is 17.0 Å². The van der Waals surface area contributed by atoms with Gasteiger partial charge in [-0.3, -0.25) is 19.3 Å². The normalized spacial score (nSPS) is 18.9. The Hall–Kier alpha value is -3.36. The molecule has 1 aromatic carbocycles. The summed E-state index contributed by atoms with van der Waals surface area (Å²) in [6.07, 6.45) is 0. The average Bonchev–Trinajstić information content (AvgIpc) is 3.05. The van der Waals surface area contributed by atoms with E-state index in [1.54, 1.807) is 13.8 Å². The van der Waals surface area contributed by atoms with Crippen LogP contribution in [0.2, 0.25) is 0 Å². The molecule has 152 valence electrons. The van der Waals surface area contributed by atoms with Crippen LogP contribution in [0.15, 0.2) is 18.2 Å². The Morgan fingerprint density at radius 2 is 1.83 bits per heavy atom. The van der Waals surface area contributed by atoms with Crippen molar-refractivity contribution in [1.29, 1.82) is 0 Å². The van der Waals surface area contributed by atoms with Crippen LogP contribution in [0, 0.1) is 25.5 Å². The first-order valence-corrected chi connectivity index (χ1v) is 8.80. The second kappa shape index (κ2) is 6.91. The number of aryl methyl sites for hydroxylation is 1. The molecule has 29 heavy (non-hydrogen) atoms. The van der Waals surface area contributed by atoms with E-state index in [1.807, 2.05) is 0 Å². The smallest absolute Gasteiger partial charge is 0.325 e. The van der Waals surface area contributed by atoms with Crippen LogP contribution in [-0.2, 0) is 10.3 Å². The first-order valence-electron chi connectivity index (χ1n) is 8.80. The zero-order valence-corrected chi connectivity index (χ0v) is 16.3. The van der Waals surface area contributed by atoms with Gasteiger partial charge in [-0.15, -0.1) is 0 Å². The summed E-state index contributed by atoms with van der Waals surface area (Å²) in [6.45, 7) is 5.22. The Morgan fingerprint density at radius 3 is 2.41 bits per heavy atom. The molecule has 3 amide bonds. The van der Waals surface area contributed by atoms with E-state index >= 15 is 0 Å². The lowest BCUT2D eigenvalue weighted by Crippen LogP contribution is -2.42. The number of hydrogen-bond donors (Lipinski definition) is 2. The van der Waals surface area contributed by atoms with Gasteiger partial charge in [-0.05, 0) is 51.5 Å². The third kappa shape index (κ3) is 3.22. The van der Waals surface area contributed by atoms with E-state index in [0.717, 1.165) is 18.2 Å². The maximum absolute atomic E-state index is 14.2. The number of urea groups is 1. The molecule has 2 heterocycles. The molecular formula is C20H19F2N3O4. The van der Waals surface area contributed by atoms with Crippen LogP contribution < -0.4 is 5.32 Å². The SMILES string of the molecule is CC(=O)c1c(C)[nH]c(C(=O)CN2C(=O)NC(C)(c3cc(F)ccc3F)C2=O)c1C. The van der Waals surface area contributed by atoms with Gasteiger partial charge in [0.05, 0.1) is 12.2 Å². The van der Waals surface area contributed by atoms with Gasteiger partial charge in [0.15, 0.2) is 11.6 Å². The van der Waals surface area contributed by atoms with Crippen molar-refractivity contribution < 1.29 is 28.0 Å². The average molecular weight is 403 g/mol. The molecule has 1 fully saturated rings. The zero-order chi connectivity index (χ0) is 21.7. The lowest BCUT2D eigenvalue weighted by Gasteiger charge is -2.22. The molecule has 9 heteroatoms. The van der Waals surface area contributed by atoms with Gasteiger partial charge in [-0.1, -0.05) is 0 Å². The molecule has 0 saturated carbocycles. The fraction of sp³-hybridized carbons (Fsp3) is 0.300. The van der Waals surface area contributed by atoms with Crippen LogP contribution in [0.1, 0.15) is 51.5 Å². The number of benzene rings is 1. The van der Waals surface area contributed by atoms with Crippen LogP contribution in [-0.4, -0.2) is 39.9 Å². The number of carbonyl (C=O) groups excluding carboxylic acids is 4. The monoisotopic (exact) mass is 403 g/mol. The van der Waals surface area contributed by atoms with E-state index in [9.17, 15) is 28.0 Å². The van der Waals surface area contributed by atoms with Gasteiger partial charge in [0.2, 0.25) is 0 Å². The third-order valence-corrected chi connectivity index (χ3v) is 5.11. The minimum Gasteiger partial charge on any atom is -0.355 e. The molecule has 1 aromatic heterocycles. The zero-order valence-electron chi connectivity index (χ0n) is 16.3. The highest BCUT2D eigenvalue weighted by molar-refractivity contribution is 6.12. The number of carbonyl (C=O) groups is 4. The minimum atomic E-state index is -1.85. The van der Waals surface area contributed by atoms with Crippen LogP contribution in [0.4, 0.5) is 13.6 Å². The van der Waals surface area contributed by atoms with E-state index in [2.05, 4.69) is 10.3 Å². The predicted molar refractivity (Wildman–Crippen MR) is 98.6 cm³/mol. The van der Waals surface area contributed by atoms with Gasteiger partial charge < -0.3 is 10.3 Å². The number of nitrogens with zero attached hydrogens (tertiary/aromatic N) is 1. The van der Waals surface area contributed by atoms with E-state index in [4.69, 9.17) is 0 Å². The summed E-state index contributed by atoms with van der Waals surface area (Å²) in [5.74, 6) is -3.33. The molecule has 0 aliphatic carbocycles. The summed E-state index contributed by atoms with van der Waals surface area (Å²) in [7, 11) is 0. The molecule has 2 N–H and O–H groups in total. The molecule has 7 nitrogen and oxygen atoms in total. The summed E-state index contributed by atoms with van der Waals surface area (Å²) in [5, 5.41) is 2.33. The topological polar surface area (TPSA) is 99.3 Å². The molecule has 0 spiro atoms. The molecule has 1 atom stereocenters. The van der Waals surface area contributed by atoms with Crippen LogP contribution >= 0.6 is 0 Å². The van der Waals surface area contributed by atoms with Gasteiger partial charge in [0.1, 0.15) is 17.2 Å². The van der Waals surface area contributed by atoms with Crippen molar-refractivity contribution in [3.05, 3.63) is 57.9 Å². The second-order valence-electron chi connectivity index (χ2n) is 7.17. The van der Waals surface area contributed by atoms with Crippen LogP contribution in [0.3, 0.4) is 0 Å². The molecule has 1 saturated heterocycles. The second-order valence-corrected chi connectivity index (χ2v) is 7.17. The van der Waals surface area contributed by atoms with Crippen molar-refractivity contribution in [3.8, 4) is 0 Å². The molecule has 1 unspecified atom stereocenters. The summed E-state index contributed by atoms with van der Waals surface area (Å²) >= 11 is 0. The number of ketones is 2. The molecule has 1 aliphatic heterocycles. The maximum atomic E-state index is 14.2. The predicted octanol–water partition coefficient (Wildman–Crippen LogP) is 2.76. The molecule has 0 radical (unpaired) electrons. The van der Waals surface area contributed by atoms with Crippen LogP contribution in [0.25, 0.3) is 0 Å². The van der Waals surface area contributed by atoms with E-state index < -0.39 is 41.4 Å². The maximum Gasteiger partial charge on any atom is 0.325 e. The first kappa shape index (κ1) is 20.4. The highest BCUT2D eigenvalue weighted by Gasteiger charge is 2.51. The Balaban J connectivity index is 1.92. The van der Waals surface area contributed by atoms with Crippen molar-refractivity contribution in [2.24, 2.45) is 0 Å². The molecule has 2 aromatic rings. The number of aromatic amines is 1. The molecule has 0 bridgehead atoms. The van der Waals surface area contributed by atoms with Crippen molar-refractivity contribution in [2.75, 3.05) is 6.54 Å². The number of H-pyrrole nitrogens is 1. The van der Waals surface area contributed by atoms with Crippen molar-refractivity contribution in [1.82, 2.24) is 15.2 Å². The molecular weight excluding hydrogens is 384 g/mol. The lowest BCUT2D eigenvalue weighted by atomic mass is 9.91. The number of halogens is 2. The van der Waals surface area contributed by atoms with E-state index in [1.165, 1.54) is 13.8 Å². The Kier molecular flexibility index (Phi) is 4.86. The van der Waals surface area contributed by atoms with Gasteiger partial charge in [-0.25, -0.2) is 13.6 Å².